The van der Waals surface area contributed by atoms with Crippen LogP contribution in [0.25, 0.3) is 0 Å². The summed E-state index contributed by atoms with van der Waals surface area (Å²) in [5.41, 5.74) is 0.747. The molecule has 3 rings (SSSR count). The number of nitrogens with zero attached hydrogens (tertiary/aromatic N) is 2. The Morgan fingerprint density at radius 2 is 1.74 bits per heavy atom. The van der Waals surface area contributed by atoms with Crippen LogP contribution in [0.15, 0.2) is 30.3 Å². The first kappa shape index (κ1) is 16.2. The van der Waals surface area contributed by atoms with Gasteiger partial charge in [0, 0.05) is 31.9 Å². The fraction of sp³-hybridized carbons (Fsp3) is 0.533. The second-order valence-electron chi connectivity index (χ2n) is 6.03. The van der Waals surface area contributed by atoms with E-state index >= 15 is 0 Å². The van der Waals surface area contributed by atoms with Crippen molar-refractivity contribution in [2.45, 2.75) is 12.1 Å². The molecule has 2 aliphatic rings. The molecule has 0 radical (unpaired) electrons. The van der Waals surface area contributed by atoms with Crippen LogP contribution in [-0.4, -0.2) is 79.2 Å². The minimum atomic E-state index is -3.15. The number of benzene rings is 1. The van der Waals surface area contributed by atoms with Crippen molar-refractivity contribution in [2.75, 3.05) is 43.0 Å². The van der Waals surface area contributed by atoms with Gasteiger partial charge in [-0.1, -0.05) is 18.2 Å². The molecule has 0 unspecified atom stereocenters. The van der Waals surface area contributed by atoms with Gasteiger partial charge in [0.2, 0.25) is 0 Å². The van der Waals surface area contributed by atoms with Gasteiger partial charge in [-0.2, -0.15) is 0 Å². The first-order valence-electron chi connectivity index (χ1n) is 7.68. The summed E-state index contributed by atoms with van der Waals surface area (Å²) in [7, 11) is -3.15. The molecule has 2 saturated heterocycles. The minimum absolute atomic E-state index is 0.00434. The van der Waals surface area contributed by atoms with Crippen molar-refractivity contribution in [3.05, 3.63) is 30.3 Å². The quantitative estimate of drug-likeness (QED) is 0.791. The summed E-state index contributed by atoms with van der Waals surface area (Å²) in [4.78, 5) is 15.9. The lowest BCUT2D eigenvalue weighted by Gasteiger charge is -2.38. The second-order valence-corrected chi connectivity index (χ2v) is 8.18. The fourth-order valence-corrected chi connectivity index (χ4v) is 4.97. The molecule has 2 N–H and O–H groups in total. The van der Waals surface area contributed by atoms with E-state index in [0.29, 0.717) is 26.2 Å². The number of carbonyl (C=O) groups excluding carboxylic acids is 1. The van der Waals surface area contributed by atoms with E-state index in [-0.39, 0.29) is 23.6 Å². The number of hydrogen-bond acceptors (Lipinski definition) is 5. The van der Waals surface area contributed by atoms with Gasteiger partial charge in [-0.25, -0.2) is 13.2 Å². The Labute approximate surface area is 135 Å². The van der Waals surface area contributed by atoms with Crippen LogP contribution in [0.1, 0.15) is 0 Å². The number of hydrogen-bond donors (Lipinski definition) is 2. The number of sulfone groups is 1. The minimum Gasteiger partial charge on any atom is -0.390 e. The highest BCUT2D eigenvalue weighted by Crippen LogP contribution is 2.20. The van der Waals surface area contributed by atoms with Crippen molar-refractivity contribution in [3.63, 3.8) is 0 Å². The highest BCUT2D eigenvalue weighted by Gasteiger charge is 2.41. The predicted molar refractivity (Wildman–Crippen MR) is 87.1 cm³/mol. The Morgan fingerprint density at radius 1 is 1.09 bits per heavy atom. The zero-order chi connectivity index (χ0) is 16.4. The molecule has 23 heavy (non-hydrogen) atoms. The molecule has 0 saturated carbocycles. The smallest absolute Gasteiger partial charge is 0.321 e. The van der Waals surface area contributed by atoms with Gasteiger partial charge in [0.15, 0.2) is 9.84 Å². The molecule has 2 aliphatic heterocycles. The van der Waals surface area contributed by atoms with Crippen molar-refractivity contribution in [3.8, 4) is 0 Å². The number of aliphatic hydroxyl groups is 1. The molecule has 1 aromatic carbocycles. The lowest BCUT2D eigenvalue weighted by Crippen LogP contribution is -2.55. The Bertz CT molecular complexity index is 657. The highest BCUT2D eigenvalue weighted by molar-refractivity contribution is 7.91. The van der Waals surface area contributed by atoms with Crippen LogP contribution >= 0.6 is 0 Å². The summed E-state index contributed by atoms with van der Waals surface area (Å²) in [6.07, 6.45) is -0.829. The Morgan fingerprint density at radius 3 is 2.30 bits per heavy atom. The molecular formula is C15H21N3O4S. The molecule has 2 atom stereocenters. The first-order valence-corrected chi connectivity index (χ1v) is 9.50. The van der Waals surface area contributed by atoms with Crippen molar-refractivity contribution >= 4 is 21.6 Å². The van der Waals surface area contributed by atoms with Crippen LogP contribution in [0.3, 0.4) is 0 Å². The SMILES string of the molecule is O=C(Nc1ccccc1)N1CCN([C@@H]2CS(=O)(=O)C[C@H]2O)CC1. The van der Waals surface area contributed by atoms with Crippen LogP contribution in [0.5, 0.6) is 0 Å². The summed E-state index contributed by atoms with van der Waals surface area (Å²) in [5.74, 6) is -0.156. The summed E-state index contributed by atoms with van der Waals surface area (Å²) in [6.45, 7) is 2.17. The number of piperazine rings is 1. The van der Waals surface area contributed by atoms with Gasteiger partial charge in [-0.05, 0) is 12.1 Å². The monoisotopic (exact) mass is 339 g/mol. The highest BCUT2D eigenvalue weighted by atomic mass is 32.2. The van der Waals surface area contributed by atoms with Gasteiger partial charge in [0.05, 0.1) is 23.7 Å². The molecule has 8 heteroatoms. The summed E-state index contributed by atoms with van der Waals surface area (Å²) >= 11 is 0. The van der Waals surface area contributed by atoms with Crippen LogP contribution in [0.4, 0.5) is 10.5 Å². The maximum Gasteiger partial charge on any atom is 0.321 e. The maximum absolute atomic E-state index is 12.2. The van der Waals surface area contributed by atoms with Crippen LogP contribution in [-0.2, 0) is 9.84 Å². The van der Waals surface area contributed by atoms with Gasteiger partial charge >= 0.3 is 6.03 Å². The number of carbonyl (C=O) groups is 1. The number of para-hydroxylation sites is 1. The van der Waals surface area contributed by atoms with Gasteiger partial charge < -0.3 is 15.3 Å². The lowest BCUT2D eigenvalue weighted by atomic mass is 10.1. The van der Waals surface area contributed by atoms with Crippen LogP contribution < -0.4 is 5.32 Å². The van der Waals surface area contributed by atoms with Crippen molar-refractivity contribution in [2.24, 2.45) is 0 Å². The van der Waals surface area contributed by atoms with Crippen molar-refractivity contribution in [1.82, 2.24) is 9.80 Å². The third-order valence-electron chi connectivity index (χ3n) is 4.39. The molecule has 7 nitrogen and oxygen atoms in total. The zero-order valence-electron chi connectivity index (χ0n) is 12.8. The third-order valence-corrected chi connectivity index (χ3v) is 6.09. The summed E-state index contributed by atoms with van der Waals surface area (Å²) in [5, 5.41) is 12.8. The fourth-order valence-electron chi connectivity index (χ4n) is 3.14. The molecule has 0 spiro atoms. The van der Waals surface area contributed by atoms with E-state index < -0.39 is 15.9 Å². The van der Waals surface area contributed by atoms with Crippen molar-refractivity contribution in [1.29, 1.82) is 0 Å². The zero-order valence-corrected chi connectivity index (χ0v) is 13.6. The maximum atomic E-state index is 12.2. The molecule has 2 amide bonds. The van der Waals surface area contributed by atoms with E-state index in [1.165, 1.54) is 0 Å². The second kappa shape index (κ2) is 6.46. The molecule has 0 aliphatic carbocycles. The predicted octanol–water partition coefficient (Wildman–Crippen LogP) is -0.00600. The molecular weight excluding hydrogens is 318 g/mol. The van der Waals surface area contributed by atoms with Gasteiger partial charge in [-0.15, -0.1) is 0 Å². The molecule has 1 aromatic rings. The number of urea groups is 1. The summed E-state index contributed by atoms with van der Waals surface area (Å²) in [6, 6.07) is 8.75. The third kappa shape index (κ3) is 3.82. The topological polar surface area (TPSA) is 90.0 Å². The van der Waals surface area contributed by atoms with Crippen LogP contribution in [0.2, 0.25) is 0 Å². The molecule has 0 bridgehead atoms. The molecule has 0 aromatic heterocycles. The largest absolute Gasteiger partial charge is 0.390 e. The first-order chi connectivity index (χ1) is 10.9. The molecule has 2 fully saturated rings. The van der Waals surface area contributed by atoms with E-state index in [1.54, 1.807) is 4.90 Å². The van der Waals surface area contributed by atoms with Gasteiger partial charge in [0.25, 0.3) is 0 Å². The van der Waals surface area contributed by atoms with Crippen LogP contribution in [0, 0.1) is 0 Å². The average molecular weight is 339 g/mol. The van der Waals surface area contributed by atoms with Crippen molar-refractivity contribution < 1.29 is 18.3 Å². The lowest BCUT2D eigenvalue weighted by molar-refractivity contribution is 0.0545. The number of rotatable bonds is 2. The van der Waals surface area contributed by atoms with E-state index in [9.17, 15) is 18.3 Å². The number of aliphatic hydroxyl groups excluding tert-OH is 1. The molecule has 2 heterocycles. The Kier molecular flexibility index (Phi) is 4.56. The van der Waals surface area contributed by atoms with E-state index in [1.807, 2.05) is 35.2 Å². The Balaban J connectivity index is 1.53. The normalized spacial score (nSPS) is 27.8. The number of anilines is 1. The molecule has 126 valence electrons. The van der Waals surface area contributed by atoms with E-state index in [2.05, 4.69) is 5.32 Å². The summed E-state index contributed by atoms with van der Waals surface area (Å²) < 4.78 is 23.2. The average Bonchev–Trinajstić information content (AvgIpc) is 2.81. The number of amides is 2. The standard InChI is InChI=1S/C15H21N3O4S/c19-14-11-23(21,22)10-13(14)17-6-8-18(9-7-17)15(20)16-12-4-2-1-3-5-12/h1-5,13-14,19H,6-11H2,(H,16,20)/t13-,14-/m1/s1. The number of nitrogens with one attached hydrogen (secondary N) is 1. The van der Waals surface area contributed by atoms with Gasteiger partial charge in [-0.3, -0.25) is 4.90 Å². The van der Waals surface area contributed by atoms with E-state index in [0.717, 1.165) is 5.69 Å². The van der Waals surface area contributed by atoms with E-state index in [4.69, 9.17) is 0 Å². The van der Waals surface area contributed by atoms with Gasteiger partial charge in [0.1, 0.15) is 0 Å². The Hall–Kier alpha value is -1.64.